The van der Waals surface area contributed by atoms with E-state index < -0.39 is 9.28 Å². The second kappa shape index (κ2) is 10.4. The van der Waals surface area contributed by atoms with Gasteiger partial charge in [-0.1, -0.05) is 0 Å². The molecule has 0 heterocycles. The fraction of sp³-hybridized carbons (Fsp3) is 1.00. The largest absolute Gasteiger partial charge is 1.00 e. The Kier molecular flexibility index (Phi) is 13.2. The normalized spacial score (nSPS) is 9.82. The fourth-order valence-electron chi connectivity index (χ4n) is 0.663. The Morgan fingerprint density at radius 2 is 2.09 bits per heavy atom. The summed E-state index contributed by atoms with van der Waals surface area (Å²) < 4.78 is 10.5. The SMILES string of the molecule is CCO[Si](CCC[NH3+])OC.[Cl-]. The molecule has 0 bridgehead atoms. The zero-order valence-corrected chi connectivity index (χ0v) is 8.99. The Balaban J connectivity index is 0. The molecule has 0 saturated heterocycles. The lowest BCUT2D eigenvalue weighted by Gasteiger charge is -2.08. The fourth-order valence-corrected chi connectivity index (χ4v) is 1.99. The molecule has 0 atom stereocenters. The molecule has 0 aromatic heterocycles. The number of halogens is 1. The predicted molar refractivity (Wildman–Crippen MR) is 41.6 cm³/mol. The minimum atomic E-state index is -0.938. The van der Waals surface area contributed by atoms with Crippen LogP contribution in [0.25, 0.3) is 0 Å². The topological polar surface area (TPSA) is 46.1 Å². The predicted octanol–water partition coefficient (Wildman–Crippen LogP) is -3.21. The minimum Gasteiger partial charge on any atom is -1.00 e. The molecule has 0 rings (SSSR count). The van der Waals surface area contributed by atoms with E-state index in [0.717, 1.165) is 25.6 Å². The van der Waals surface area contributed by atoms with Gasteiger partial charge < -0.3 is 27.0 Å². The quantitative estimate of drug-likeness (QED) is 0.457. The molecular formula is C6H17ClNO2Si. The van der Waals surface area contributed by atoms with E-state index in [0.29, 0.717) is 0 Å². The summed E-state index contributed by atoms with van der Waals surface area (Å²) in [7, 11) is 0.778. The van der Waals surface area contributed by atoms with Gasteiger partial charge >= 0.3 is 9.28 Å². The molecule has 0 aliphatic heterocycles. The zero-order valence-electron chi connectivity index (χ0n) is 7.23. The molecule has 0 aliphatic carbocycles. The smallest absolute Gasteiger partial charge is 0.384 e. The Hall–Kier alpha value is 0.387. The molecule has 0 spiro atoms. The van der Waals surface area contributed by atoms with Crippen LogP contribution in [0.4, 0.5) is 0 Å². The van der Waals surface area contributed by atoms with E-state index in [2.05, 4.69) is 5.73 Å². The van der Waals surface area contributed by atoms with Crippen molar-refractivity contribution in [2.75, 3.05) is 20.3 Å². The van der Waals surface area contributed by atoms with Gasteiger partial charge in [-0.25, -0.2) is 0 Å². The lowest BCUT2D eigenvalue weighted by molar-refractivity contribution is -0.367. The minimum absolute atomic E-state index is 0. The molecule has 69 valence electrons. The van der Waals surface area contributed by atoms with Gasteiger partial charge in [0.2, 0.25) is 0 Å². The van der Waals surface area contributed by atoms with Crippen molar-refractivity contribution in [2.45, 2.75) is 19.4 Å². The van der Waals surface area contributed by atoms with Crippen LogP contribution in [0.5, 0.6) is 0 Å². The van der Waals surface area contributed by atoms with Crippen molar-refractivity contribution in [2.24, 2.45) is 0 Å². The maximum Gasteiger partial charge on any atom is 0.384 e. The summed E-state index contributed by atoms with van der Waals surface area (Å²) >= 11 is 0. The van der Waals surface area contributed by atoms with E-state index in [1.54, 1.807) is 7.11 Å². The second-order valence-corrected chi connectivity index (χ2v) is 3.91. The van der Waals surface area contributed by atoms with Gasteiger partial charge in [-0.05, 0) is 19.4 Å². The molecule has 0 aliphatic rings. The van der Waals surface area contributed by atoms with Crippen LogP contribution in [0, 0.1) is 0 Å². The molecule has 0 aromatic rings. The van der Waals surface area contributed by atoms with Crippen molar-refractivity contribution in [1.82, 2.24) is 0 Å². The van der Waals surface area contributed by atoms with E-state index >= 15 is 0 Å². The van der Waals surface area contributed by atoms with Crippen molar-refractivity contribution in [1.29, 1.82) is 0 Å². The van der Waals surface area contributed by atoms with Crippen molar-refractivity contribution in [3.8, 4) is 0 Å². The highest BCUT2D eigenvalue weighted by Crippen LogP contribution is 1.97. The van der Waals surface area contributed by atoms with Crippen molar-refractivity contribution < 1.29 is 27.0 Å². The average Bonchev–Trinajstić information content (AvgIpc) is 1.98. The number of rotatable bonds is 6. The molecular weight excluding hydrogens is 182 g/mol. The van der Waals surface area contributed by atoms with E-state index in [9.17, 15) is 0 Å². The van der Waals surface area contributed by atoms with Gasteiger partial charge in [-0.2, -0.15) is 0 Å². The van der Waals surface area contributed by atoms with Gasteiger partial charge in [0.15, 0.2) is 0 Å². The van der Waals surface area contributed by atoms with Crippen molar-refractivity contribution in [3.05, 3.63) is 0 Å². The molecule has 0 amide bonds. The summed E-state index contributed by atoms with van der Waals surface area (Å²) in [6.45, 7) is 3.73. The first kappa shape index (κ1) is 13.9. The summed E-state index contributed by atoms with van der Waals surface area (Å²) in [6.07, 6.45) is 1.11. The van der Waals surface area contributed by atoms with Crippen LogP contribution in [0.2, 0.25) is 6.04 Å². The molecule has 0 saturated carbocycles. The lowest BCUT2D eigenvalue weighted by atomic mass is 10.5. The Labute approximate surface area is 76.5 Å². The standard InChI is InChI=1S/C6H16NO2Si.ClH/c1-3-9-10(8-2)6-4-5-7;/h3-7H2,1-2H3;1H. The summed E-state index contributed by atoms with van der Waals surface area (Å²) in [5, 5.41) is 0. The molecule has 1 radical (unpaired) electrons. The Morgan fingerprint density at radius 1 is 1.45 bits per heavy atom. The third-order valence-electron chi connectivity index (χ3n) is 1.16. The molecule has 0 unspecified atom stereocenters. The summed E-state index contributed by atoms with van der Waals surface area (Å²) in [5.74, 6) is 0. The molecule has 5 heteroatoms. The van der Waals surface area contributed by atoms with E-state index in [4.69, 9.17) is 8.85 Å². The molecule has 0 aromatic carbocycles. The van der Waals surface area contributed by atoms with Gasteiger partial charge in [-0.15, -0.1) is 0 Å². The third-order valence-corrected chi connectivity index (χ3v) is 2.99. The summed E-state index contributed by atoms with van der Waals surface area (Å²) in [5.41, 5.74) is 3.76. The second-order valence-electron chi connectivity index (χ2n) is 1.97. The summed E-state index contributed by atoms with van der Waals surface area (Å²) in [6, 6.07) is 1.05. The van der Waals surface area contributed by atoms with Crippen LogP contribution in [0.15, 0.2) is 0 Å². The first-order chi connectivity index (χ1) is 4.85. The Bertz CT molecular complexity index is 77.6. The van der Waals surface area contributed by atoms with Gasteiger partial charge in [0.25, 0.3) is 0 Å². The van der Waals surface area contributed by atoms with E-state index in [1.165, 1.54) is 0 Å². The van der Waals surface area contributed by atoms with Crippen LogP contribution < -0.4 is 18.1 Å². The summed E-state index contributed by atoms with van der Waals surface area (Å²) in [4.78, 5) is 0. The maximum atomic E-state index is 5.35. The van der Waals surface area contributed by atoms with E-state index in [-0.39, 0.29) is 12.4 Å². The van der Waals surface area contributed by atoms with Gasteiger partial charge in [-0.3, -0.25) is 0 Å². The Morgan fingerprint density at radius 3 is 2.45 bits per heavy atom. The number of quaternary nitrogens is 1. The molecule has 11 heavy (non-hydrogen) atoms. The highest BCUT2D eigenvalue weighted by atomic mass is 35.5. The van der Waals surface area contributed by atoms with Crippen LogP contribution in [-0.2, 0) is 8.85 Å². The van der Waals surface area contributed by atoms with Gasteiger partial charge in [0.1, 0.15) is 0 Å². The average molecular weight is 199 g/mol. The highest BCUT2D eigenvalue weighted by Gasteiger charge is 2.11. The van der Waals surface area contributed by atoms with Crippen LogP contribution in [-0.4, -0.2) is 29.5 Å². The lowest BCUT2D eigenvalue weighted by Crippen LogP contribution is -3.00. The molecule has 3 N–H and O–H groups in total. The maximum absolute atomic E-state index is 5.35. The highest BCUT2D eigenvalue weighted by molar-refractivity contribution is 6.44. The van der Waals surface area contributed by atoms with E-state index in [1.807, 2.05) is 6.92 Å². The number of hydrogen-bond donors (Lipinski definition) is 1. The van der Waals surface area contributed by atoms with Gasteiger partial charge in [0, 0.05) is 13.7 Å². The molecule has 3 nitrogen and oxygen atoms in total. The first-order valence-electron chi connectivity index (χ1n) is 3.67. The third kappa shape index (κ3) is 8.29. The van der Waals surface area contributed by atoms with Crippen LogP contribution >= 0.6 is 0 Å². The van der Waals surface area contributed by atoms with Gasteiger partial charge in [0.05, 0.1) is 6.54 Å². The monoisotopic (exact) mass is 198 g/mol. The van der Waals surface area contributed by atoms with Crippen molar-refractivity contribution >= 4 is 9.28 Å². The van der Waals surface area contributed by atoms with Crippen molar-refractivity contribution in [3.63, 3.8) is 0 Å². The number of hydrogen-bond acceptors (Lipinski definition) is 2. The zero-order chi connectivity index (χ0) is 7.82. The molecule has 0 fully saturated rings. The van der Waals surface area contributed by atoms with Crippen LogP contribution in [0.3, 0.4) is 0 Å². The first-order valence-corrected chi connectivity index (χ1v) is 5.19. The van der Waals surface area contributed by atoms with Crippen LogP contribution in [0.1, 0.15) is 13.3 Å².